The van der Waals surface area contributed by atoms with Crippen LogP contribution < -0.4 is 10.1 Å². The van der Waals surface area contributed by atoms with Gasteiger partial charge in [0.1, 0.15) is 6.61 Å². The van der Waals surface area contributed by atoms with Gasteiger partial charge < -0.3 is 19.5 Å². The molecular weight excluding hydrogens is 357 g/mol. The zero-order valence-electron chi connectivity index (χ0n) is 15.0. The summed E-state index contributed by atoms with van der Waals surface area (Å²) in [5.74, 6) is -3.49. The van der Waals surface area contributed by atoms with Gasteiger partial charge in [-0.25, -0.2) is 14.0 Å². The highest BCUT2D eigenvalue weighted by Gasteiger charge is 2.38. The number of carbonyl (C=O) groups is 2. The van der Waals surface area contributed by atoms with Gasteiger partial charge in [-0.05, 0) is 18.2 Å². The first kappa shape index (κ1) is 18.4. The number of carbonyl (C=O) groups excluding carboxylic acids is 2. The molecule has 0 unspecified atom stereocenters. The number of hydrogen-bond donors (Lipinski definition) is 1. The highest BCUT2D eigenvalue weighted by molar-refractivity contribution is 6.15. The summed E-state index contributed by atoms with van der Waals surface area (Å²) in [6.07, 6.45) is 2.74. The van der Waals surface area contributed by atoms with Crippen molar-refractivity contribution in [2.45, 2.75) is 26.2 Å². The lowest BCUT2D eigenvalue weighted by molar-refractivity contribution is -0.222. The molecule has 1 N–H and O–H groups in total. The average molecular weight is 375 g/mol. The van der Waals surface area contributed by atoms with Gasteiger partial charge in [-0.15, -0.1) is 0 Å². The third-order valence-electron chi connectivity index (χ3n) is 3.73. The Morgan fingerprint density at radius 2 is 1.96 bits per heavy atom. The molecule has 0 bridgehead atoms. The maximum Gasteiger partial charge on any atom is 0.350 e. The Kier molecular flexibility index (Phi) is 4.85. The minimum atomic E-state index is -1.32. The molecule has 0 spiro atoms. The molecule has 142 valence electrons. The van der Waals surface area contributed by atoms with Crippen LogP contribution in [0.4, 0.5) is 10.1 Å². The zero-order valence-corrected chi connectivity index (χ0v) is 15.0. The number of nitrogens with zero attached hydrogens (tertiary/aromatic N) is 2. The number of ether oxygens (including phenoxy) is 3. The molecule has 0 amide bonds. The van der Waals surface area contributed by atoms with Gasteiger partial charge in [0.05, 0.1) is 5.69 Å². The fourth-order valence-corrected chi connectivity index (χ4v) is 2.34. The summed E-state index contributed by atoms with van der Waals surface area (Å²) in [5, 5.41) is 6.68. The van der Waals surface area contributed by atoms with Gasteiger partial charge >= 0.3 is 11.9 Å². The average Bonchev–Trinajstić information content (AvgIpc) is 2.97. The molecule has 0 aliphatic carbocycles. The molecule has 1 aromatic heterocycles. The minimum Gasteiger partial charge on any atom is -0.484 e. The Bertz CT molecular complexity index is 897. The van der Waals surface area contributed by atoms with Crippen molar-refractivity contribution < 1.29 is 28.2 Å². The van der Waals surface area contributed by atoms with Crippen molar-refractivity contribution in [2.24, 2.45) is 7.05 Å². The van der Waals surface area contributed by atoms with Crippen molar-refractivity contribution in [3.63, 3.8) is 0 Å². The van der Waals surface area contributed by atoms with Gasteiger partial charge in [0.2, 0.25) is 0 Å². The number of anilines is 1. The van der Waals surface area contributed by atoms with E-state index in [4.69, 9.17) is 14.2 Å². The third-order valence-corrected chi connectivity index (χ3v) is 3.73. The molecule has 1 fully saturated rings. The number of esters is 2. The fraction of sp³-hybridized carbons (Fsp3) is 0.278. The van der Waals surface area contributed by atoms with Crippen molar-refractivity contribution in [3.8, 4) is 5.75 Å². The van der Waals surface area contributed by atoms with Crippen LogP contribution in [-0.2, 0) is 32.7 Å². The predicted molar refractivity (Wildman–Crippen MR) is 91.9 cm³/mol. The minimum absolute atomic E-state index is 0.0626. The molecule has 1 aromatic carbocycles. The van der Waals surface area contributed by atoms with Crippen molar-refractivity contribution in [1.29, 1.82) is 0 Å². The lowest BCUT2D eigenvalue weighted by Gasteiger charge is -2.29. The first-order valence-corrected chi connectivity index (χ1v) is 8.08. The standard InChI is InChI=1S/C18H18FN3O5/c1-18(2)26-16(23)13(17(24)27-18)9-20-11-4-5-15(14(19)8-11)25-10-12-6-7-21-22(12)3/h4-9,20H,10H2,1-3H3. The number of benzene rings is 1. The molecule has 9 heteroatoms. The van der Waals surface area contributed by atoms with Crippen molar-refractivity contribution >= 4 is 17.6 Å². The van der Waals surface area contributed by atoms with E-state index in [1.165, 1.54) is 26.0 Å². The summed E-state index contributed by atoms with van der Waals surface area (Å²) in [4.78, 5) is 23.7. The first-order valence-electron chi connectivity index (χ1n) is 8.08. The molecule has 8 nitrogen and oxygen atoms in total. The van der Waals surface area contributed by atoms with Gasteiger partial charge in [0, 0.05) is 45.0 Å². The predicted octanol–water partition coefficient (Wildman–Crippen LogP) is 2.27. The van der Waals surface area contributed by atoms with Crippen LogP contribution in [0.15, 0.2) is 42.2 Å². The molecule has 0 saturated carbocycles. The monoisotopic (exact) mass is 375 g/mol. The molecule has 2 heterocycles. The van der Waals surface area contributed by atoms with Crippen LogP contribution in [0.5, 0.6) is 5.75 Å². The van der Waals surface area contributed by atoms with E-state index in [9.17, 15) is 14.0 Å². The van der Waals surface area contributed by atoms with Crippen LogP contribution in [0.3, 0.4) is 0 Å². The summed E-state index contributed by atoms with van der Waals surface area (Å²) in [7, 11) is 1.76. The Labute approximate surface area is 154 Å². The van der Waals surface area contributed by atoms with E-state index in [1.54, 1.807) is 30.1 Å². The SMILES string of the molecule is Cn1nccc1COc1ccc(NC=C2C(=O)OC(C)(C)OC2=O)cc1F. The second-order valence-corrected chi connectivity index (χ2v) is 6.26. The summed E-state index contributed by atoms with van der Waals surface area (Å²) in [6.45, 7) is 3.07. The van der Waals surface area contributed by atoms with Crippen molar-refractivity contribution in [3.05, 3.63) is 53.7 Å². The Balaban J connectivity index is 1.66. The molecule has 0 atom stereocenters. The van der Waals surface area contributed by atoms with Gasteiger partial charge in [-0.2, -0.15) is 5.10 Å². The molecule has 1 saturated heterocycles. The van der Waals surface area contributed by atoms with Crippen LogP contribution >= 0.6 is 0 Å². The van der Waals surface area contributed by atoms with Crippen LogP contribution in [0.25, 0.3) is 0 Å². The maximum atomic E-state index is 14.2. The highest BCUT2D eigenvalue weighted by Crippen LogP contribution is 2.24. The number of hydrogen-bond acceptors (Lipinski definition) is 7. The Morgan fingerprint density at radius 1 is 1.26 bits per heavy atom. The number of cyclic esters (lactones) is 2. The van der Waals surface area contributed by atoms with Crippen LogP contribution in [-0.4, -0.2) is 27.5 Å². The molecule has 27 heavy (non-hydrogen) atoms. The van der Waals surface area contributed by atoms with E-state index in [1.807, 2.05) is 0 Å². The van der Waals surface area contributed by atoms with Crippen molar-refractivity contribution in [1.82, 2.24) is 9.78 Å². The summed E-state index contributed by atoms with van der Waals surface area (Å²) >= 11 is 0. The lowest BCUT2D eigenvalue weighted by atomic mass is 10.2. The van der Waals surface area contributed by atoms with Crippen LogP contribution in [0.2, 0.25) is 0 Å². The van der Waals surface area contributed by atoms with Crippen molar-refractivity contribution in [2.75, 3.05) is 5.32 Å². The van der Waals surface area contributed by atoms with E-state index in [0.29, 0.717) is 5.69 Å². The van der Waals surface area contributed by atoms with Gasteiger partial charge in [0.25, 0.3) is 5.79 Å². The number of aromatic nitrogens is 2. The number of rotatable bonds is 5. The van der Waals surface area contributed by atoms with Crippen LogP contribution in [0.1, 0.15) is 19.5 Å². The second-order valence-electron chi connectivity index (χ2n) is 6.26. The number of nitrogens with one attached hydrogen (secondary N) is 1. The molecular formula is C18H18FN3O5. The second kappa shape index (κ2) is 7.10. The Hall–Kier alpha value is -3.36. The number of aryl methyl sites for hydroxylation is 1. The maximum absolute atomic E-state index is 14.2. The first-order chi connectivity index (χ1) is 12.7. The van der Waals surface area contributed by atoms with E-state index in [2.05, 4.69) is 10.4 Å². The largest absolute Gasteiger partial charge is 0.484 e. The summed E-state index contributed by atoms with van der Waals surface area (Å²) in [6, 6.07) is 5.93. The molecule has 3 rings (SSSR count). The van der Waals surface area contributed by atoms with Gasteiger partial charge in [-0.1, -0.05) is 0 Å². The van der Waals surface area contributed by atoms with E-state index >= 15 is 0 Å². The highest BCUT2D eigenvalue weighted by atomic mass is 19.1. The molecule has 2 aromatic rings. The Morgan fingerprint density at radius 3 is 2.56 bits per heavy atom. The van der Waals surface area contributed by atoms with Gasteiger partial charge in [-0.3, -0.25) is 4.68 Å². The van der Waals surface area contributed by atoms with E-state index < -0.39 is 23.5 Å². The third kappa shape index (κ3) is 4.25. The van der Waals surface area contributed by atoms with Gasteiger partial charge in [0.15, 0.2) is 17.1 Å². The molecule has 1 aliphatic heterocycles. The van der Waals surface area contributed by atoms with E-state index in [-0.39, 0.29) is 17.9 Å². The molecule has 1 aliphatic rings. The number of halogens is 1. The van der Waals surface area contributed by atoms with Crippen LogP contribution in [0, 0.1) is 5.82 Å². The normalized spacial score (nSPS) is 15.8. The summed E-state index contributed by atoms with van der Waals surface area (Å²) in [5.41, 5.74) is 0.795. The summed E-state index contributed by atoms with van der Waals surface area (Å²) < 4.78 is 31.2. The van der Waals surface area contributed by atoms with E-state index in [0.717, 1.165) is 11.9 Å². The quantitative estimate of drug-likeness (QED) is 0.487. The fourth-order valence-electron chi connectivity index (χ4n) is 2.34. The zero-order chi connectivity index (χ0) is 19.6. The molecule has 0 radical (unpaired) electrons. The topological polar surface area (TPSA) is 91.7 Å². The lowest BCUT2D eigenvalue weighted by Crippen LogP contribution is -2.42. The smallest absolute Gasteiger partial charge is 0.350 e.